The van der Waals surface area contributed by atoms with E-state index < -0.39 is 13.0 Å². The molecule has 0 aliphatic carbocycles. The molecule has 1 aromatic carbocycles. The highest BCUT2D eigenvalue weighted by Gasteiger charge is 2.28. The van der Waals surface area contributed by atoms with Gasteiger partial charge in [-0.05, 0) is 31.5 Å². The van der Waals surface area contributed by atoms with E-state index in [1.807, 2.05) is 6.92 Å². The highest BCUT2D eigenvalue weighted by molar-refractivity contribution is 6.00. The van der Waals surface area contributed by atoms with Crippen LogP contribution >= 0.6 is 0 Å². The second kappa shape index (κ2) is 6.42. The van der Waals surface area contributed by atoms with Crippen LogP contribution in [0.3, 0.4) is 0 Å². The molecule has 0 unspecified atom stereocenters. The number of alkyl halides is 3. The van der Waals surface area contributed by atoms with Crippen LogP contribution in [0.1, 0.15) is 18.1 Å². The third-order valence-corrected chi connectivity index (χ3v) is 2.28. The molecule has 4 nitrogen and oxygen atoms in total. The molecule has 7 heteroatoms. The van der Waals surface area contributed by atoms with Gasteiger partial charge in [-0.15, -0.1) is 13.2 Å². The average molecular weight is 277 g/mol. The molecule has 0 saturated carbocycles. The zero-order valence-corrected chi connectivity index (χ0v) is 10.5. The molecule has 0 aliphatic heterocycles. The van der Waals surface area contributed by atoms with Crippen LogP contribution in [-0.4, -0.2) is 30.5 Å². The van der Waals surface area contributed by atoms with Crippen molar-refractivity contribution in [2.75, 3.05) is 13.2 Å². The fraction of sp³-hybridized carbons (Fsp3) is 0.417. The van der Waals surface area contributed by atoms with Crippen LogP contribution in [0.25, 0.3) is 0 Å². The van der Waals surface area contributed by atoms with Gasteiger partial charge in [-0.3, -0.25) is 4.74 Å². The molecule has 0 aromatic heterocycles. The van der Waals surface area contributed by atoms with Gasteiger partial charge in [0.15, 0.2) is 0 Å². The van der Waals surface area contributed by atoms with Gasteiger partial charge < -0.3 is 9.94 Å². The molecule has 0 saturated heterocycles. The third-order valence-electron chi connectivity index (χ3n) is 2.28. The Morgan fingerprint density at radius 1 is 1.32 bits per heavy atom. The topological polar surface area (TPSA) is 51.1 Å². The Hall–Kier alpha value is -1.76. The van der Waals surface area contributed by atoms with Crippen LogP contribution in [0.5, 0.6) is 5.75 Å². The lowest BCUT2D eigenvalue weighted by molar-refractivity contribution is -0.325. The summed E-state index contributed by atoms with van der Waals surface area (Å²) >= 11 is 0. The van der Waals surface area contributed by atoms with Crippen molar-refractivity contribution in [1.82, 2.24) is 0 Å². The molecule has 1 N–H and O–H groups in total. The van der Waals surface area contributed by atoms with Gasteiger partial charge in [-0.25, -0.2) is 0 Å². The van der Waals surface area contributed by atoms with Crippen LogP contribution in [0, 0.1) is 6.92 Å². The molecule has 0 bridgehead atoms. The van der Waals surface area contributed by atoms with E-state index in [-0.39, 0.29) is 6.61 Å². The van der Waals surface area contributed by atoms with Crippen molar-refractivity contribution in [3.63, 3.8) is 0 Å². The van der Waals surface area contributed by atoms with Crippen LogP contribution < -0.4 is 4.74 Å². The van der Waals surface area contributed by atoms with Crippen LogP contribution in [0.2, 0.25) is 0 Å². The fourth-order valence-corrected chi connectivity index (χ4v) is 1.41. The number of rotatable bonds is 5. The smallest absolute Gasteiger partial charge is 0.490 e. The average Bonchev–Trinajstić information content (AvgIpc) is 2.33. The monoisotopic (exact) mass is 277 g/mol. The predicted molar refractivity (Wildman–Crippen MR) is 62.7 cm³/mol. The molecule has 1 rings (SSSR count). The zero-order valence-electron chi connectivity index (χ0n) is 10.5. The zero-order chi connectivity index (χ0) is 14.5. The van der Waals surface area contributed by atoms with E-state index in [0.29, 0.717) is 17.0 Å². The van der Waals surface area contributed by atoms with E-state index >= 15 is 0 Å². The van der Waals surface area contributed by atoms with Gasteiger partial charge in [0.2, 0.25) is 0 Å². The fourth-order valence-electron chi connectivity index (χ4n) is 1.41. The number of hydrogen-bond acceptors (Lipinski definition) is 4. The van der Waals surface area contributed by atoms with Crippen molar-refractivity contribution in [3.8, 4) is 5.75 Å². The first-order chi connectivity index (χ1) is 8.83. The molecule has 19 heavy (non-hydrogen) atoms. The second-order valence-electron chi connectivity index (χ2n) is 3.83. The first-order valence-electron chi connectivity index (χ1n) is 5.46. The molecule has 1 aromatic rings. The van der Waals surface area contributed by atoms with E-state index in [1.165, 1.54) is 0 Å². The lowest BCUT2D eigenvalue weighted by Crippen LogP contribution is -2.18. The van der Waals surface area contributed by atoms with Crippen molar-refractivity contribution in [2.45, 2.75) is 20.2 Å². The van der Waals surface area contributed by atoms with Gasteiger partial charge in [-0.2, -0.15) is 0 Å². The van der Waals surface area contributed by atoms with E-state index in [4.69, 9.17) is 9.94 Å². The predicted octanol–water partition coefficient (Wildman–Crippen LogP) is 3.11. The van der Waals surface area contributed by atoms with Crippen LogP contribution in [-0.2, 0) is 4.74 Å². The lowest BCUT2D eigenvalue weighted by atomic mass is 10.1. The highest BCUT2D eigenvalue weighted by atomic mass is 19.4. The van der Waals surface area contributed by atoms with E-state index in [9.17, 15) is 13.2 Å². The molecular formula is C12H14F3NO3. The van der Waals surface area contributed by atoms with E-state index in [1.54, 1.807) is 25.1 Å². The second-order valence-corrected chi connectivity index (χ2v) is 3.83. The molecule has 0 spiro atoms. The Morgan fingerprint density at radius 3 is 2.58 bits per heavy atom. The normalized spacial score (nSPS) is 12.6. The number of halogens is 3. The highest BCUT2D eigenvalue weighted by Crippen LogP contribution is 2.22. The molecule has 0 aliphatic rings. The Labute approximate surface area is 108 Å². The summed E-state index contributed by atoms with van der Waals surface area (Å²) in [4.78, 5) is 0. The standard InChI is InChI=1S/C12H14F3NO3/c1-8-3-4-10(9(2)16-17)11(7-8)18-5-6-19-12(13,14)15/h3-4,7,17H,5-6H2,1-2H3. The number of oxime groups is 1. The molecule has 0 amide bonds. The summed E-state index contributed by atoms with van der Waals surface area (Å²) in [6, 6.07) is 5.10. The van der Waals surface area contributed by atoms with Gasteiger partial charge >= 0.3 is 6.36 Å². The number of aryl methyl sites for hydroxylation is 1. The Morgan fingerprint density at radius 2 is 2.00 bits per heavy atom. The maximum atomic E-state index is 11.8. The SMILES string of the molecule is CC(=NO)c1ccc(C)cc1OCCOC(F)(F)F. The summed E-state index contributed by atoms with van der Waals surface area (Å²) in [6.07, 6.45) is -4.67. The largest absolute Gasteiger partial charge is 0.522 e. The number of benzene rings is 1. The first kappa shape index (κ1) is 15.3. The summed E-state index contributed by atoms with van der Waals surface area (Å²) < 4.78 is 44.2. The Kier molecular flexibility index (Phi) is 5.17. The maximum Gasteiger partial charge on any atom is 0.522 e. The van der Waals surface area contributed by atoms with Gasteiger partial charge in [0, 0.05) is 5.56 Å². The van der Waals surface area contributed by atoms with Crippen molar-refractivity contribution in [2.24, 2.45) is 5.16 Å². The number of ether oxygens (including phenoxy) is 2. The van der Waals surface area contributed by atoms with E-state index in [2.05, 4.69) is 9.89 Å². The summed E-state index contributed by atoms with van der Waals surface area (Å²) in [5, 5.41) is 11.8. The lowest BCUT2D eigenvalue weighted by Gasteiger charge is -2.12. The molecule has 0 radical (unpaired) electrons. The minimum absolute atomic E-state index is 0.255. The first-order valence-corrected chi connectivity index (χ1v) is 5.46. The molecule has 0 atom stereocenters. The molecule has 0 heterocycles. The van der Waals surface area contributed by atoms with E-state index in [0.717, 1.165) is 5.56 Å². The minimum Gasteiger partial charge on any atom is -0.490 e. The Bertz CT molecular complexity index is 458. The van der Waals surface area contributed by atoms with Crippen LogP contribution in [0.15, 0.2) is 23.4 Å². The van der Waals surface area contributed by atoms with Gasteiger partial charge in [-0.1, -0.05) is 11.2 Å². The van der Waals surface area contributed by atoms with Gasteiger partial charge in [0.05, 0.1) is 12.3 Å². The summed E-state index contributed by atoms with van der Waals surface area (Å²) in [5.74, 6) is 0.348. The minimum atomic E-state index is -4.67. The summed E-state index contributed by atoms with van der Waals surface area (Å²) in [5.41, 5.74) is 1.70. The summed E-state index contributed by atoms with van der Waals surface area (Å²) in [7, 11) is 0. The Balaban J connectivity index is 2.69. The molecule has 106 valence electrons. The van der Waals surface area contributed by atoms with Crippen molar-refractivity contribution in [1.29, 1.82) is 0 Å². The van der Waals surface area contributed by atoms with Crippen molar-refractivity contribution in [3.05, 3.63) is 29.3 Å². The van der Waals surface area contributed by atoms with Crippen molar-refractivity contribution >= 4 is 5.71 Å². The number of nitrogens with zero attached hydrogens (tertiary/aromatic N) is 1. The third kappa shape index (κ3) is 5.17. The maximum absolute atomic E-state index is 11.8. The number of hydrogen-bond donors (Lipinski definition) is 1. The van der Waals surface area contributed by atoms with Gasteiger partial charge in [0.1, 0.15) is 12.4 Å². The quantitative estimate of drug-likeness (QED) is 0.389. The van der Waals surface area contributed by atoms with Crippen LogP contribution in [0.4, 0.5) is 13.2 Å². The van der Waals surface area contributed by atoms with Crippen molar-refractivity contribution < 1.29 is 27.9 Å². The molecule has 0 fully saturated rings. The van der Waals surface area contributed by atoms with Gasteiger partial charge in [0.25, 0.3) is 0 Å². The molecular weight excluding hydrogens is 263 g/mol. The summed E-state index contributed by atoms with van der Waals surface area (Å²) in [6.45, 7) is 2.51.